The highest BCUT2D eigenvalue weighted by atomic mass is 16.6. The Morgan fingerprint density at radius 1 is 1.39 bits per heavy atom. The van der Waals surface area contributed by atoms with E-state index in [1.807, 2.05) is 0 Å². The first-order valence-electron chi connectivity index (χ1n) is 6.08. The molecule has 5 nitrogen and oxygen atoms in total. The molecule has 0 amide bonds. The SMILES string of the molecule is CC(C)OC(=O)C1=CN[C@@H](C(=O)OC(C)(C)C)C1. The van der Waals surface area contributed by atoms with Gasteiger partial charge in [0.2, 0.25) is 0 Å². The first kappa shape index (κ1) is 14.5. The lowest BCUT2D eigenvalue weighted by atomic mass is 10.1. The Hall–Kier alpha value is -1.52. The van der Waals surface area contributed by atoms with Crippen LogP contribution in [0.1, 0.15) is 41.0 Å². The van der Waals surface area contributed by atoms with Crippen molar-refractivity contribution in [1.82, 2.24) is 5.32 Å². The maximum Gasteiger partial charge on any atom is 0.335 e. The topological polar surface area (TPSA) is 64.6 Å². The third-order valence-electron chi connectivity index (χ3n) is 2.18. The zero-order valence-corrected chi connectivity index (χ0v) is 11.6. The largest absolute Gasteiger partial charge is 0.460 e. The smallest absolute Gasteiger partial charge is 0.335 e. The molecule has 0 aliphatic carbocycles. The summed E-state index contributed by atoms with van der Waals surface area (Å²) in [7, 11) is 0. The van der Waals surface area contributed by atoms with Crippen molar-refractivity contribution >= 4 is 11.9 Å². The quantitative estimate of drug-likeness (QED) is 0.775. The lowest BCUT2D eigenvalue weighted by Gasteiger charge is -2.22. The van der Waals surface area contributed by atoms with Crippen molar-refractivity contribution in [3.05, 3.63) is 11.8 Å². The Balaban J connectivity index is 2.49. The van der Waals surface area contributed by atoms with Crippen LogP contribution in [0.3, 0.4) is 0 Å². The van der Waals surface area contributed by atoms with Crippen molar-refractivity contribution in [3.8, 4) is 0 Å². The van der Waals surface area contributed by atoms with Crippen LogP contribution in [0.25, 0.3) is 0 Å². The number of carbonyl (C=O) groups excluding carboxylic acids is 2. The summed E-state index contributed by atoms with van der Waals surface area (Å²) in [5.74, 6) is -0.741. The van der Waals surface area contributed by atoms with Crippen molar-refractivity contribution < 1.29 is 19.1 Å². The lowest BCUT2D eigenvalue weighted by Crippen LogP contribution is -2.36. The predicted molar refractivity (Wildman–Crippen MR) is 66.7 cm³/mol. The zero-order chi connectivity index (χ0) is 13.9. The van der Waals surface area contributed by atoms with Gasteiger partial charge >= 0.3 is 11.9 Å². The summed E-state index contributed by atoms with van der Waals surface area (Å²) in [5.41, 5.74) is -0.0560. The number of rotatable bonds is 3. The fourth-order valence-electron chi connectivity index (χ4n) is 1.50. The maximum absolute atomic E-state index is 11.8. The highest BCUT2D eigenvalue weighted by Crippen LogP contribution is 2.18. The second-order valence-corrected chi connectivity index (χ2v) is 5.58. The minimum atomic E-state index is -0.528. The van der Waals surface area contributed by atoms with Crippen molar-refractivity contribution in [2.75, 3.05) is 0 Å². The standard InChI is InChI=1S/C13H21NO4/c1-8(2)17-11(15)9-6-10(14-7-9)12(16)18-13(3,4)5/h7-8,10,14H,6H2,1-5H3/t10-/m1/s1. The van der Waals surface area contributed by atoms with E-state index in [4.69, 9.17) is 9.47 Å². The molecule has 102 valence electrons. The van der Waals surface area contributed by atoms with Crippen LogP contribution in [-0.4, -0.2) is 29.7 Å². The van der Waals surface area contributed by atoms with E-state index in [0.29, 0.717) is 12.0 Å². The van der Waals surface area contributed by atoms with Crippen LogP contribution in [0.4, 0.5) is 0 Å². The summed E-state index contributed by atoms with van der Waals surface area (Å²) in [6.07, 6.45) is 1.67. The number of esters is 2. The first-order chi connectivity index (χ1) is 8.19. The molecule has 0 aromatic carbocycles. The van der Waals surface area contributed by atoms with E-state index in [9.17, 15) is 9.59 Å². The fourth-order valence-corrected chi connectivity index (χ4v) is 1.50. The molecule has 0 fully saturated rings. The van der Waals surface area contributed by atoms with Crippen LogP contribution in [0.2, 0.25) is 0 Å². The van der Waals surface area contributed by atoms with E-state index in [-0.39, 0.29) is 18.0 Å². The van der Waals surface area contributed by atoms with Crippen LogP contribution in [0.5, 0.6) is 0 Å². The third-order valence-corrected chi connectivity index (χ3v) is 2.18. The molecule has 1 aliphatic heterocycles. The molecule has 1 heterocycles. The molecule has 0 saturated carbocycles. The van der Waals surface area contributed by atoms with Gasteiger partial charge in [-0.1, -0.05) is 0 Å². The minimum Gasteiger partial charge on any atom is -0.460 e. The van der Waals surface area contributed by atoms with Crippen molar-refractivity contribution in [2.45, 2.75) is 58.8 Å². The summed E-state index contributed by atoms with van der Waals surface area (Å²) < 4.78 is 10.3. The number of nitrogens with one attached hydrogen (secondary N) is 1. The molecule has 0 aromatic heterocycles. The molecular weight excluding hydrogens is 234 g/mol. The van der Waals surface area contributed by atoms with Gasteiger partial charge in [0, 0.05) is 12.6 Å². The van der Waals surface area contributed by atoms with E-state index < -0.39 is 11.6 Å². The van der Waals surface area contributed by atoms with Gasteiger partial charge in [-0.3, -0.25) is 0 Å². The van der Waals surface area contributed by atoms with E-state index in [0.717, 1.165) is 0 Å². The molecule has 0 radical (unpaired) electrons. The summed E-state index contributed by atoms with van der Waals surface area (Å²) in [4.78, 5) is 23.4. The number of carbonyl (C=O) groups is 2. The van der Waals surface area contributed by atoms with E-state index in [2.05, 4.69) is 5.32 Å². The molecule has 1 rings (SSSR count). The van der Waals surface area contributed by atoms with Gasteiger partial charge < -0.3 is 14.8 Å². The summed E-state index contributed by atoms with van der Waals surface area (Å²) in [6.45, 7) is 8.99. The molecule has 1 atom stereocenters. The molecule has 0 bridgehead atoms. The maximum atomic E-state index is 11.8. The average molecular weight is 255 g/mol. The molecule has 0 aromatic rings. The third kappa shape index (κ3) is 4.39. The summed E-state index contributed by atoms with van der Waals surface area (Å²) >= 11 is 0. The zero-order valence-electron chi connectivity index (χ0n) is 11.6. The van der Waals surface area contributed by atoms with E-state index in [1.54, 1.807) is 34.6 Å². The summed E-state index contributed by atoms with van der Waals surface area (Å²) in [6, 6.07) is -0.501. The molecule has 1 N–H and O–H groups in total. The van der Waals surface area contributed by atoms with Gasteiger partial charge in [0.25, 0.3) is 0 Å². The number of hydrogen-bond acceptors (Lipinski definition) is 5. The van der Waals surface area contributed by atoms with Gasteiger partial charge in [0.15, 0.2) is 0 Å². The van der Waals surface area contributed by atoms with E-state index >= 15 is 0 Å². The van der Waals surface area contributed by atoms with Crippen LogP contribution < -0.4 is 5.32 Å². The lowest BCUT2D eigenvalue weighted by molar-refractivity contribution is -0.156. The van der Waals surface area contributed by atoms with Gasteiger partial charge in [-0.15, -0.1) is 0 Å². The van der Waals surface area contributed by atoms with Crippen LogP contribution >= 0.6 is 0 Å². The fraction of sp³-hybridized carbons (Fsp3) is 0.692. The first-order valence-corrected chi connectivity index (χ1v) is 6.08. The molecule has 1 aliphatic rings. The van der Waals surface area contributed by atoms with Gasteiger partial charge in [-0.25, -0.2) is 9.59 Å². The van der Waals surface area contributed by atoms with Gasteiger partial charge in [0.05, 0.1) is 11.7 Å². The van der Waals surface area contributed by atoms with E-state index in [1.165, 1.54) is 6.20 Å². The van der Waals surface area contributed by atoms with Gasteiger partial charge in [-0.05, 0) is 34.6 Å². The van der Waals surface area contributed by atoms with Crippen molar-refractivity contribution in [1.29, 1.82) is 0 Å². The highest BCUT2D eigenvalue weighted by molar-refractivity contribution is 5.91. The van der Waals surface area contributed by atoms with Crippen LogP contribution in [-0.2, 0) is 19.1 Å². The normalized spacial score (nSPS) is 19.2. The molecule has 0 spiro atoms. The van der Waals surface area contributed by atoms with Crippen LogP contribution in [0.15, 0.2) is 11.8 Å². The van der Waals surface area contributed by atoms with Gasteiger partial charge in [0.1, 0.15) is 11.6 Å². The van der Waals surface area contributed by atoms with Crippen LogP contribution in [0, 0.1) is 0 Å². The Bertz CT molecular complexity index is 366. The van der Waals surface area contributed by atoms with Crippen molar-refractivity contribution in [2.24, 2.45) is 0 Å². The Morgan fingerprint density at radius 3 is 2.50 bits per heavy atom. The number of ether oxygens (including phenoxy) is 2. The highest BCUT2D eigenvalue weighted by Gasteiger charge is 2.31. The Labute approximate surface area is 108 Å². The number of hydrogen-bond donors (Lipinski definition) is 1. The molecule has 5 heteroatoms. The van der Waals surface area contributed by atoms with Crippen molar-refractivity contribution in [3.63, 3.8) is 0 Å². The van der Waals surface area contributed by atoms with Gasteiger partial charge in [-0.2, -0.15) is 0 Å². The second kappa shape index (κ2) is 5.42. The Morgan fingerprint density at radius 2 is 2.00 bits per heavy atom. The average Bonchev–Trinajstić information content (AvgIpc) is 2.61. The monoisotopic (exact) mass is 255 g/mol. The molecule has 0 saturated heterocycles. The molecule has 0 unspecified atom stereocenters. The minimum absolute atomic E-state index is 0.168. The predicted octanol–water partition coefficient (Wildman–Crippen LogP) is 1.53. The summed E-state index contributed by atoms with van der Waals surface area (Å²) in [5, 5.41) is 2.85. The second-order valence-electron chi connectivity index (χ2n) is 5.58. The molecule has 18 heavy (non-hydrogen) atoms. The Kier molecular flexibility index (Phi) is 4.38. The molecular formula is C13H21NO4.